The Morgan fingerprint density at radius 1 is 1.15 bits per heavy atom. The van der Waals surface area contributed by atoms with Crippen molar-refractivity contribution in [3.63, 3.8) is 0 Å². The number of pyridine rings is 1. The minimum atomic E-state index is 0.419. The summed E-state index contributed by atoms with van der Waals surface area (Å²) in [6.07, 6.45) is 1.81. The monoisotopic (exact) mass is 291 g/mol. The summed E-state index contributed by atoms with van der Waals surface area (Å²) in [6.45, 7) is 4.39. The van der Waals surface area contributed by atoms with E-state index in [9.17, 15) is 0 Å². The minimum absolute atomic E-state index is 0.419. The molecule has 0 atom stereocenters. The van der Waals surface area contributed by atoms with Gasteiger partial charge in [0, 0.05) is 23.2 Å². The molecule has 3 nitrogen and oxygen atoms in total. The molecule has 0 fully saturated rings. The van der Waals surface area contributed by atoms with E-state index in [1.165, 1.54) is 0 Å². The van der Waals surface area contributed by atoms with E-state index in [4.69, 9.17) is 21.1 Å². The molecule has 0 radical (unpaired) electrons. The van der Waals surface area contributed by atoms with E-state index in [-0.39, 0.29) is 0 Å². The number of alkyl halides is 1. The molecule has 4 heteroatoms. The Kier molecular flexibility index (Phi) is 4.85. The van der Waals surface area contributed by atoms with Gasteiger partial charge in [0.1, 0.15) is 18.1 Å². The fourth-order valence-corrected chi connectivity index (χ4v) is 2.22. The predicted octanol–water partition coefficient (Wildman–Crippen LogP) is 4.02. The summed E-state index contributed by atoms with van der Waals surface area (Å²) < 4.78 is 11.1. The van der Waals surface area contributed by atoms with Gasteiger partial charge < -0.3 is 9.47 Å². The predicted molar refractivity (Wildman–Crippen MR) is 80.6 cm³/mol. The summed E-state index contributed by atoms with van der Waals surface area (Å²) in [4.78, 5) is 4.41. The molecular weight excluding hydrogens is 274 g/mol. The van der Waals surface area contributed by atoms with Gasteiger partial charge in [0.2, 0.25) is 0 Å². The van der Waals surface area contributed by atoms with Crippen molar-refractivity contribution in [2.75, 3.05) is 7.11 Å². The second kappa shape index (κ2) is 6.62. The molecule has 106 valence electrons. The molecule has 0 aliphatic rings. The van der Waals surface area contributed by atoms with Gasteiger partial charge >= 0.3 is 0 Å². The lowest BCUT2D eigenvalue weighted by Gasteiger charge is -2.13. The largest absolute Gasteiger partial charge is 0.496 e. The summed E-state index contributed by atoms with van der Waals surface area (Å²) in [5, 5.41) is 0. The van der Waals surface area contributed by atoms with Gasteiger partial charge in [-0.1, -0.05) is 12.1 Å². The normalized spacial score (nSPS) is 10.4. The zero-order chi connectivity index (χ0) is 14.5. The molecule has 0 amide bonds. The van der Waals surface area contributed by atoms with Crippen LogP contribution >= 0.6 is 11.6 Å². The molecule has 0 saturated carbocycles. The molecule has 20 heavy (non-hydrogen) atoms. The van der Waals surface area contributed by atoms with Gasteiger partial charge in [-0.25, -0.2) is 0 Å². The van der Waals surface area contributed by atoms with E-state index < -0.39 is 0 Å². The van der Waals surface area contributed by atoms with Crippen LogP contribution in [0.3, 0.4) is 0 Å². The fourth-order valence-electron chi connectivity index (χ4n) is 2.04. The molecule has 0 aliphatic carbocycles. The maximum atomic E-state index is 5.76. The maximum Gasteiger partial charge on any atom is 0.131 e. The Morgan fingerprint density at radius 2 is 1.85 bits per heavy atom. The van der Waals surface area contributed by atoms with E-state index in [0.717, 1.165) is 33.9 Å². The maximum absolute atomic E-state index is 5.76. The molecule has 0 bridgehead atoms. The van der Waals surface area contributed by atoms with E-state index in [1.807, 2.05) is 38.1 Å². The molecule has 0 unspecified atom stereocenters. The molecule has 0 aliphatic heterocycles. The summed E-state index contributed by atoms with van der Waals surface area (Å²) in [7, 11) is 1.67. The van der Waals surface area contributed by atoms with Crippen molar-refractivity contribution in [1.29, 1.82) is 0 Å². The lowest BCUT2D eigenvalue weighted by molar-refractivity contribution is 0.298. The lowest BCUT2D eigenvalue weighted by atomic mass is 10.1. The van der Waals surface area contributed by atoms with Crippen LogP contribution < -0.4 is 9.47 Å². The average Bonchev–Trinajstić information content (AvgIpc) is 2.47. The van der Waals surface area contributed by atoms with Gasteiger partial charge in [-0.3, -0.25) is 4.98 Å². The number of ether oxygens (including phenoxy) is 2. The van der Waals surface area contributed by atoms with Gasteiger partial charge in [0.25, 0.3) is 0 Å². The van der Waals surface area contributed by atoms with Gasteiger partial charge in [0.15, 0.2) is 0 Å². The number of methoxy groups -OCH3 is 1. The van der Waals surface area contributed by atoms with Crippen LogP contribution in [0.25, 0.3) is 0 Å². The summed E-state index contributed by atoms with van der Waals surface area (Å²) in [5.74, 6) is 2.19. The Balaban J connectivity index is 2.10. The van der Waals surface area contributed by atoms with E-state index in [2.05, 4.69) is 4.98 Å². The highest BCUT2D eigenvalue weighted by molar-refractivity contribution is 6.17. The van der Waals surface area contributed by atoms with Gasteiger partial charge in [-0.05, 0) is 31.5 Å². The summed E-state index contributed by atoms with van der Waals surface area (Å²) in [6, 6.07) is 7.74. The molecule has 2 aromatic rings. The smallest absolute Gasteiger partial charge is 0.131 e. The molecule has 1 heterocycles. The van der Waals surface area contributed by atoms with Crippen LogP contribution in [0.2, 0.25) is 0 Å². The molecule has 1 aromatic heterocycles. The number of hydrogen-bond donors (Lipinski definition) is 0. The van der Waals surface area contributed by atoms with Crippen LogP contribution in [0.1, 0.15) is 22.4 Å². The van der Waals surface area contributed by atoms with Crippen molar-refractivity contribution in [3.8, 4) is 11.5 Å². The highest BCUT2D eigenvalue weighted by Gasteiger charge is 2.09. The molecule has 0 saturated heterocycles. The van der Waals surface area contributed by atoms with Crippen molar-refractivity contribution >= 4 is 11.6 Å². The van der Waals surface area contributed by atoms with Crippen molar-refractivity contribution in [3.05, 3.63) is 52.8 Å². The van der Waals surface area contributed by atoms with Crippen molar-refractivity contribution in [2.45, 2.75) is 26.3 Å². The highest BCUT2D eigenvalue weighted by atomic mass is 35.5. The number of nitrogens with zero attached hydrogens (tertiary/aromatic N) is 1. The number of rotatable bonds is 5. The molecular formula is C16H18ClNO2. The zero-order valence-electron chi connectivity index (χ0n) is 11.9. The van der Waals surface area contributed by atoms with E-state index >= 15 is 0 Å². The molecule has 1 aromatic carbocycles. The third kappa shape index (κ3) is 3.23. The molecule has 0 spiro atoms. The van der Waals surface area contributed by atoms with Crippen LogP contribution in [-0.2, 0) is 12.5 Å². The Hall–Kier alpha value is -1.74. The first-order valence-corrected chi connectivity index (χ1v) is 6.96. The Bertz CT molecular complexity index is 582. The van der Waals surface area contributed by atoms with Crippen LogP contribution in [0.15, 0.2) is 30.5 Å². The quantitative estimate of drug-likeness (QED) is 0.780. The van der Waals surface area contributed by atoms with Crippen LogP contribution in [-0.4, -0.2) is 12.1 Å². The molecule has 0 N–H and O–H groups in total. The minimum Gasteiger partial charge on any atom is -0.496 e. The second-order valence-electron chi connectivity index (χ2n) is 4.61. The van der Waals surface area contributed by atoms with Gasteiger partial charge in [-0.15, -0.1) is 11.6 Å². The third-order valence-electron chi connectivity index (χ3n) is 3.20. The summed E-state index contributed by atoms with van der Waals surface area (Å²) >= 11 is 5.76. The highest BCUT2D eigenvalue weighted by Crippen LogP contribution is 2.25. The van der Waals surface area contributed by atoms with E-state index in [1.54, 1.807) is 13.3 Å². The van der Waals surface area contributed by atoms with E-state index in [0.29, 0.717) is 12.5 Å². The Morgan fingerprint density at radius 3 is 2.45 bits per heavy atom. The van der Waals surface area contributed by atoms with Gasteiger partial charge in [-0.2, -0.15) is 0 Å². The SMILES string of the molecule is COc1c(C)cnc(COc2ccc(CCl)cc2)c1C. The first kappa shape index (κ1) is 14.7. The number of benzene rings is 1. The summed E-state index contributed by atoms with van der Waals surface area (Å²) in [5.41, 5.74) is 4.00. The fraction of sp³-hybridized carbons (Fsp3) is 0.312. The van der Waals surface area contributed by atoms with Gasteiger partial charge in [0.05, 0.1) is 12.8 Å². The van der Waals surface area contributed by atoms with Crippen LogP contribution in [0, 0.1) is 13.8 Å². The second-order valence-corrected chi connectivity index (χ2v) is 4.88. The third-order valence-corrected chi connectivity index (χ3v) is 3.51. The first-order valence-electron chi connectivity index (χ1n) is 6.42. The number of aromatic nitrogens is 1. The van der Waals surface area contributed by atoms with Crippen molar-refractivity contribution in [2.24, 2.45) is 0 Å². The van der Waals surface area contributed by atoms with Crippen LogP contribution in [0.5, 0.6) is 11.5 Å². The number of halogens is 1. The van der Waals surface area contributed by atoms with Crippen molar-refractivity contribution < 1.29 is 9.47 Å². The number of hydrogen-bond acceptors (Lipinski definition) is 3. The molecule has 2 rings (SSSR count). The average molecular weight is 292 g/mol. The zero-order valence-corrected chi connectivity index (χ0v) is 12.7. The lowest BCUT2D eigenvalue weighted by Crippen LogP contribution is -2.04. The Labute approximate surface area is 124 Å². The van der Waals surface area contributed by atoms with Crippen molar-refractivity contribution in [1.82, 2.24) is 4.98 Å². The standard InChI is InChI=1S/C16H18ClNO2/c1-11-9-18-15(12(2)16(11)19-3)10-20-14-6-4-13(8-17)5-7-14/h4-7,9H,8,10H2,1-3H3. The van der Waals surface area contributed by atoms with Crippen LogP contribution in [0.4, 0.5) is 0 Å². The number of aryl methyl sites for hydroxylation is 1. The first-order chi connectivity index (χ1) is 9.65. The topological polar surface area (TPSA) is 31.4 Å².